The normalized spacial score (nSPS) is 18.3. The van der Waals surface area contributed by atoms with Gasteiger partial charge >= 0.3 is 0 Å². The fourth-order valence-corrected chi connectivity index (χ4v) is 2.72. The van der Waals surface area contributed by atoms with Crippen LogP contribution in [0.3, 0.4) is 0 Å². The molecular formula is C17H28N2O3. The van der Waals surface area contributed by atoms with E-state index in [0.29, 0.717) is 19.8 Å². The van der Waals surface area contributed by atoms with Crippen LogP contribution in [0, 0.1) is 0 Å². The molecular weight excluding hydrogens is 280 g/mol. The topological polar surface area (TPSA) is 45.2 Å². The largest absolute Gasteiger partial charge is 0.497 e. The third-order valence-electron chi connectivity index (χ3n) is 4.01. The van der Waals surface area contributed by atoms with Crippen molar-refractivity contribution in [2.75, 3.05) is 53.0 Å². The van der Waals surface area contributed by atoms with Crippen LogP contribution < -0.4 is 4.74 Å². The van der Waals surface area contributed by atoms with E-state index in [9.17, 15) is 5.11 Å². The lowest BCUT2D eigenvalue weighted by atomic mass is 10.2. The van der Waals surface area contributed by atoms with Gasteiger partial charge in [-0.2, -0.15) is 0 Å². The van der Waals surface area contributed by atoms with Crippen molar-refractivity contribution in [3.63, 3.8) is 0 Å². The summed E-state index contributed by atoms with van der Waals surface area (Å²) in [6, 6.07) is 8.26. The molecule has 1 fully saturated rings. The summed E-state index contributed by atoms with van der Waals surface area (Å²) in [5, 5.41) is 9.89. The highest BCUT2D eigenvalue weighted by molar-refractivity contribution is 5.27. The quantitative estimate of drug-likeness (QED) is 0.782. The fraction of sp³-hybridized carbons (Fsp3) is 0.647. The first-order chi connectivity index (χ1) is 10.7. The summed E-state index contributed by atoms with van der Waals surface area (Å²) in [4.78, 5) is 4.77. The molecule has 0 bridgehead atoms. The van der Waals surface area contributed by atoms with Crippen LogP contribution >= 0.6 is 0 Å². The number of hydrogen-bond acceptors (Lipinski definition) is 5. The summed E-state index contributed by atoms with van der Waals surface area (Å²) < 4.78 is 10.4. The van der Waals surface area contributed by atoms with Crippen LogP contribution in [0.4, 0.5) is 0 Å². The standard InChI is InChI=1S/C17H28N2O3/c1-3-22-14-16(20)13-19-10-8-18(9-11-19)12-15-4-6-17(21-2)7-5-15/h4-7,16,20H,3,8-14H2,1-2H3/t16-/m1/s1. The van der Waals surface area contributed by atoms with Crippen molar-refractivity contribution in [2.24, 2.45) is 0 Å². The third kappa shape index (κ3) is 5.57. The molecule has 2 rings (SSSR count). The second kappa shape index (κ2) is 9.10. The molecule has 124 valence electrons. The second-order valence-electron chi connectivity index (χ2n) is 5.74. The smallest absolute Gasteiger partial charge is 0.118 e. The SMILES string of the molecule is CCOC[C@H](O)CN1CCN(Cc2ccc(OC)cc2)CC1. The van der Waals surface area contributed by atoms with Crippen molar-refractivity contribution in [1.29, 1.82) is 0 Å². The first-order valence-corrected chi connectivity index (χ1v) is 8.04. The Hall–Kier alpha value is -1.14. The van der Waals surface area contributed by atoms with Crippen LogP contribution in [0.1, 0.15) is 12.5 Å². The fourth-order valence-electron chi connectivity index (χ4n) is 2.72. The maximum Gasteiger partial charge on any atom is 0.118 e. The maximum absolute atomic E-state index is 9.89. The van der Waals surface area contributed by atoms with E-state index in [1.165, 1.54) is 5.56 Å². The summed E-state index contributed by atoms with van der Waals surface area (Å²) in [6.07, 6.45) is -0.381. The highest BCUT2D eigenvalue weighted by Gasteiger charge is 2.19. The van der Waals surface area contributed by atoms with E-state index < -0.39 is 0 Å². The molecule has 1 atom stereocenters. The summed E-state index contributed by atoms with van der Waals surface area (Å²) in [7, 11) is 1.69. The van der Waals surface area contributed by atoms with E-state index in [1.807, 2.05) is 19.1 Å². The molecule has 0 spiro atoms. The first kappa shape index (κ1) is 17.2. The molecule has 0 unspecified atom stereocenters. The van der Waals surface area contributed by atoms with Gasteiger partial charge in [0.15, 0.2) is 0 Å². The van der Waals surface area contributed by atoms with Gasteiger partial charge in [0.05, 0.1) is 19.8 Å². The van der Waals surface area contributed by atoms with Gasteiger partial charge in [0.2, 0.25) is 0 Å². The number of hydrogen-bond donors (Lipinski definition) is 1. The number of aliphatic hydroxyl groups is 1. The van der Waals surface area contributed by atoms with Gasteiger partial charge in [-0.05, 0) is 24.6 Å². The van der Waals surface area contributed by atoms with E-state index in [4.69, 9.17) is 9.47 Å². The van der Waals surface area contributed by atoms with Crippen LogP contribution in [0.2, 0.25) is 0 Å². The number of ether oxygens (including phenoxy) is 2. The van der Waals surface area contributed by atoms with Crippen molar-refractivity contribution < 1.29 is 14.6 Å². The van der Waals surface area contributed by atoms with Crippen LogP contribution in [0.5, 0.6) is 5.75 Å². The summed E-state index contributed by atoms with van der Waals surface area (Å²) in [5.74, 6) is 0.900. The minimum atomic E-state index is -0.381. The lowest BCUT2D eigenvalue weighted by molar-refractivity contribution is 0.0101. The van der Waals surface area contributed by atoms with Gasteiger partial charge in [-0.15, -0.1) is 0 Å². The average Bonchev–Trinajstić information content (AvgIpc) is 2.55. The van der Waals surface area contributed by atoms with Gasteiger partial charge in [0.1, 0.15) is 5.75 Å². The van der Waals surface area contributed by atoms with Crippen molar-refractivity contribution >= 4 is 0 Å². The zero-order chi connectivity index (χ0) is 15.8. The molecule has 0 amide bonds. The van der Waals surface area contributed by atoms with E-state index in [2.05, 4.69) is 21.9 Å². The van der Waals surface area contributed by atoms with E-state index in [0.717, 1.165) is 38.5 Å². The van der Waals surface area contributed by atoms with Crippen LogP contribution in [0.15, 0.2) is 24.3 Å². The maximum atomic E-state index is 9.89. The van der Waals surface area contributed by atoms with Crippen molar-refractivity contribution in [2.45, 2.75) is 19.6 Å². The van der Waals surface area contributed by atoms with Gasteiger partial charge in [0.25, 0.3) is 0 Å². The van der Waals surface area contributed by atoms with Crippen molar-refractivity contribution in [3.05, 3.63) is 29.8 Å². The summed E-state index contributed by atoms with van der Waals surface area (Å²) >= 11 is 0. The molecule has 1 aromatic carbocycles. The second-order valence-corrected chi connectivity index (χ2v) is 5.74. The molecule has 5 nitrogen and oxygen atoms in total. The molecule has 1 N–H and O–H groups in total. The van der Waals surface area contributed by atoms with Crippen LogP contribution in [-0.4, -0.2) is 74.1 Å². The Morgan fingerprint density at radius 3 is 2.32 bits per heavy atom. The van der Waals surface area contributed by atoms with Crippen LogP contribution in [0.25, 0.3) is 0 Å². The Morgan fingerprint density at radius 2 is 1.73 bits per heavy atom. The number of methoxy groups -OCH3 is 1. The predicted octanol–water partition coefficient (Wildman–Crippen LogP) is 1.21. The predicted molar refractivity (Wildman–Crippen MR) is 87.2 cm³/mol. The van der Waals surface area contributed by atoms with Crippen molar-refractivity contribution in [1.82, 2.24) is 9.80 Å². The van der Waals surface area contributed by atoms with Gasteiger partial charge < -0.3 is 14.6 Å². The molecule has 0 aliphatic carbocycles. The molecule has 1 saturated heterocycles. The highest BCUT2D eigenvalue weighted by atomic mass is 16.5. The van der Waals surface area contributed by atoms with Crippen molar-refractivity contribution in [3.8, 4) is 5.75 Å². The first-order valence-electron chi connectivity index (χ1n) is 8.04. The monoisotopic (exact) mass is 308 g/mol. The third-order valence-corrected chi connectivity index (χ3v) is 4.01. The Kier molecular flexibility index (Phi) is 7.12. The average molecular weight is 308 g/mol. The number of benzene rings is 1. The molecule has 1 aliphatic rings. The lowest BCUT2D eigenvalue weighted by Gasteiger charge is -2.35. The molecule has 0 aromatic heterocycles. The molecule has 1 aliphatic heterocycles. The number of aliphatic hydroxyl groups excluding tert-OH is 1. The Bertz CT molecular complexity index is 416. The molecule has 0 saturated carbocycles. The molecule has 5 heteroatoms. The molecule has 0 radical (unpaired) electrons. The number of rotatable bonds is 8. The summed E-state index contributed by atoms with van der Waals surface area (Å²) in [5.41, 5.74) is 1.31. The minimum Gasteiger partial charge on any atom is -0.497 e. The van der Waals surface area contributed by atoms with E-state index in [-0.39, 0.29) is 6.10 Å². The highest BCUT2D eigenvalue weighted by Crippen LogP contribution is 2.14. The van der Waals surface area contributed by atoms with Gasteiger partial charge in [0, 0.05) is 45.9 Å². The Labute approximate surface area is 133 Å². The number of nitrogens with zero attached hydrogens (tertiary/aromatic N) is 2. The van der Waals surface area contributed by atoms with Gasteiger partial charge in [-0.3, -0.25) is 9.80 Å². The number of piperazine rings is 1. The van der Waals surface area contributed by atoms with Gasteiger partial charge in [-0.1, -0.05) is 12.1 Å². The lowest BCUT2D eigenvalue weighted by Crippen LogP contribution is -2.48. The Balaban J connectivity index is 1.70. The van der Waals surface area contributed by atoms with Crippen LogP contribution in [-0.2, 0) is 11.3 Å². The molecule has 1 heterocycles. The number of β-amino-alcohol motifs (C(OH)–C–C–N with tert-alkyl or cyclic N) is 1. The molecule has 22 heavy (non-hydrogen) atoms. The van der Waals surface area contributed by atoms with E-state index in [1.54, 1.807) is 7.11 Å². The van der Waals surface area contributed by atoms with Gasteiger partial charge in [-0.25, -0.2) is 0 Å². The summed E-state index contributed by atoms with van der Waals surface area (Å²) in [6.45, 7) is 8.79. The zero-order valence-corrected chi connectivity index (χ0v) is 13.7. The Morgan fingerprint density at radius 1 is 1.09 bits per heavy atom. The minimum absolute atomic E-state index is 0.381. The molecule has 1 aromatic rings. The van der Waals surface area contributed by atoms with E-state index >= 15 is 0 Å². The zero-order valence-electron chi connectivity index (χ0n) is 13.7.